The molecule has 0 aliphatic carbocycles. The van der Waals surface area contributed by atoms with Crippen LogP contribution in [0.25, 0.3) is 17.1 Å². The van der Waals surface area contributed by atoms with Crippen molar-refractivity contribution in [3.63, 3.8) is 0 Å². The Bertz CT molecular complexity index is 1300. The first-order valence-electron chi connectivity index (χ1n) is 9.45. The lowest BCUT2D eigenvalue weighted by Gasteiger charge is -2.07. The summed E-state index contributed by atoms with van der Waals surface area (Å²) >= 11 is 0. The zero-order chi connectivity index (χ0) is 21.6. The standard InChI is InChI=1S/C24H17FN4O2/c25-17-6-4-8-19(14-17)29-24(31)16-5-3-7-18(13-16)28-23(30)12-11-20-15-26-21-9-1-2-10-22(21)27-20/h1-15H,(H,28,30)(H,29,31)/b12-11+. The zero-order valence-electron chi connectivity index (χ0n) is 16.2. The van der Waals surface area contributed by atoms with Crippen LogP contribution in [-0.4, -0.2) is 21.8 Å². The molecule has 31 heavy (non-hydrogen) atoms. The van der Waals surface area contributed by atoms with Gasteiger partial charge in [-0.2, -0.15) is 0 Å². The van der Waals surface area contributed by atoms with Gasteiger partial charge >= 0.3 is 0 Å². The maximum atomic E-state index is 13.3. The summed E-state index contributed by atoms with van der Waals surface area (Å²) in [5.74, 6) is -1.23. The average molecular weight is 412 g/mol. The van der Waals surface area contributed by atoms with Crippen LogP contribution in [0.4, 0.5) is 15.8 Å². The minimum atomic E-state index is -0.443. The van der Waals surface area contributed by atoms with E-state index in [2.05, 4.69) is 20.6 Å². The number of carbonyl (C=O) groups excluding carboxylic acids is 2. The molecular weight excluding hydrogens is 395 g/mol. The SMILES string of the molecule is O=C(/C=C/c1cnc2ccccc2n1)Nc1cccc(C(=O)Nc2cccc(F)c2)c1. The fourth-order valence-corrected chi connectivity index (χ4v) is 2.90. The van der Waals surface area contributed by atoms with Crippen LogP contribution in [0.5, 0.6) is 0 Å². The molecule has 0 bridgehead atoms. The van der Waals surface area contributed by atoms with Gasteiger partial charge in [-0.25, -0.2) is 9.37 Å². The molecule has 0 saturated carbocycles. The molecule has 0 radical (unpaired) electrons. The molecule has 3 aromatic carbocycles. The number of rotatable bonds is 5. The summed E-state index contributed by atoms with van der Waals surface area (Å²) in [5, 5.41) is 5.32. The van der Waals surface area contributed by atoms with Gasteiger partial charge in [-0.15, -0.1) is 0 Å². The number of halogens is 1. The summed E-state index contributed by atoms with van der Waals surface area (Å²) < 4.78 is 13.3. The number of nitrogens with one attached hydrogen (secondary N) is 2. The molecule has 0 unspecified atom stereocenters. The Kier molecular flexibility index (Phi) is 5.75. The number of nitrogens with zero attached hydrogens (tertiary/aromatic N) is 2. The predicted molar refractivity (Wildman–Crippen MR) is 118 cm³/mol. The maximum absolute atomic E-state index is 13.3. The largest absolute Gasteiger partial charge is 0.322 e. The first kappa shape index (κ1) is 19.9. The van der Waals surface area contributed by atoms with Gasteiger partial charge < -0.3 is 10.6 Å². The van der Waals surface area contributed by atoms with Gasteiger partial charge in [-0.3, -0.25) is 14.6 Å². The van der Waals surface area contributed by atoms with Gasteiger partial charge in [0.05, 0.1) is 22.9 Å². The van der Waals surface area contributed by atoms with Crippen LogP contribution < -0.4 is 10.6 Å². The molecule has 0 aliphatic rings. The highest BCUT2D eigenvalue weighted by Crippen LogP contribution is 2.15. The summed E-state index contributed by atoms with van der Waals surface area (Å²) in [7, 11) is 0. The van der Waals surface area contributed by atoms with Crippen LogP contribution in [0.3, 0.4) is 0 Å². The smallest absolute Gasteiger partial charge is 0.255 e. The molecule has 0 spiro atoms. The molecule has 1 heterocycles. The minimum Gasteiger partial charge on any atom is -0.322 e. The lowest BCUT2D eigenvalue weighted by molar-refractivity contribution is -0.111. The average Bonchev–Trinajstić information content (AvgIpc) is 2.78. The molecule has 4 rings (SSSR count). The molecular formula is C24H17FN4O2. The highest BCUT2D eigenvalue weighted by molar-refractivity contribution is 6.06. The number of amides is 2. The van der Waals surface area contributed by atoms with E-state index in [0.717, 1.165) is 11.0 Å². The highest BCUT2D eigenvalue weighted by atomic mass is 19.1. The van der Waals surface area contributed by atoms with Crippen LogP contribution in [0.1, 0.15) is 16.1 Å². The fraction of sp³-hybridized carbons (Fsp3) is 0. The number of carbonyl (C=O) groups is 2. The van der Waals surface area contributed by atoms with Crippen molar-refractivity contribution in [3.05, 3.63) is 102 Å². The predicted octanol–water partition coefficient (Wildman–Crippen LogP) is 4.67. The van der Waals surface area contributed by atoms with E-state index in [4.69, 9.17) is 0 Å². The third-order valence-corrected chi connectivity index (χ3v) is 4.35. The number of hydrogen-bond acceptors (Lipinski definition) is 4. The van der Waals surface area contributed by atoms with Gasteiger partial charge in [0, 0.05) is 23.0 Å². The molecule has 7 heteroatoms. The van der Waals surface area contributed by atoms with Crippen molar-refractivity contribution in [3.8, 4) is 0 Å². The second kappa shape index (κ2) is 8.96. The van der Waals surface area contributed by atoms with Crippen molar-refractivity contribution in [1.82, 2.24) is 9.97 Å². The Labute approximate surface area is 177 Å². The zero-order valence-corrected chi connectivity index (χ0v) is 16.2. The van der Waals surface area contributed by atoms with Crippen molar-refractivity contribution in [1.29, 1.82) is 0 Å². The van der Waals surface area contributed by atoms with E-state index in [-0.39, 0.29) is 5.91 Å². The third kappa shape index (κ3) is 5.16. The number of benzene rings is 3. The number of anilines is 2. The lowest BCUT2D eigenvalue weighted by atomic mass is 10.1. The van der Waals surface area contributed by atoms with Gasteiger partial charge in [0.15, 0.2) is 0 Å². The monoisotopic (exact) mass is 412 g/mol. The van der Waals surface area contributed by atoms with Crippen molar-refractivity contribution in [2.45, 2.75) is 0 Å². The van der Waals surface area contributed by atoms with Gasteiger partial charge in [-0.1, -0.05) is 24.3 Å². The molecule has 6 nitrogen and oxygen atoms in total. The van der Waals surface area contributed by atoms with Crippen molar-refractivity contribution < 1.29 is 14.0 Å². The number of fused-ring (bicyclic) bond motifs is 1. The van der Waals surface area contributed by atoms with E-state index in [1.54, 1.807) is 36.5 Å². The number of hydrogen-bond donors (Lipinski definition) is 2. The van der Waals surface area contributed by atoms with Gasteiger partial charge in [-0.05, 0) is 54.6 Å². The Morgan fingerprint density at radius 2 is 1.58 bits per heavy atom. The lowest BCUT2D eigenvalue weighted by Crippen LogP contribution is -2.13. The maximum Gasteiger partial charge on any atom is 0.255 e. The van der Waals surface area contributed by atoms with Gasteiger partial charge in [0.1, 0.15) is 5.82 Å². The first-order valence-corrected chi connectivity index (χ1v) is 9.45. The minimum absolute atomic E-state index is 0.325. The van der Waals surface area contributed by atoms with E-state index >= 15 is 0 Å². The number of aromatic nitrogens is 2. The molecule has 0 atom stereocenters. The van der Waals surface area contributed by atoms with Crippen LogP contribution in [0, 0.1) is 5.82 Å². The molecule has 2 amide bonds. The Hall–Kier alpha value is -4.39. The Morgan fingerprint density at radius 1 is 0.839 bits per heavy atom. The van der Waals surface area contributed by atoms with Crippen molar-refractivity contribution in [2.24, 2.45) is 0 Å². The van der Waals surface area contributed by atoms with Gasteiger partial charge in [0.2, 0.25) is 5.91 Å². The molecule has 0 aliphatic heterocycles. The Morgan fingerprint density at radius 3 is 2.39 bits per heavy atom. The molecule has 152 valence electrons. The second-order valence-electron chi connectivity index (χ2n) is 6.65. The van der Waals surface area contributed by atoms with Crippen LogP contribution >= 0.6 is 0 Å². The summed E-state index contributed by atoms with van der Waals surface area (Å²) in [5.41, 5.74) is 3.19. The highest BCUT2D eigenvalue weighted by Gasteiger charge is 2.08. The Balaban J connectivity index is 1.42. The quantitative estimate of drug-likeness (QED) is 0.467. The molecule has 0 saturated heterocycles. The van der Waals surface area contributed by atoms with E-state index in [9.17, 15) is 14.0 Å². The first-order chi connectivity index (χ1) is 15.1. The molecule has 0 fully saturated rings. The molecule has 4 aromatic rings. The number of para-hydroxylation sites is 2. The second-order valence-corrected chi connectivity index (χ2v) is 6.65. The van der Waals surface area contributed by atoms with Crippen LogP contribution in [-0.2, 0) is 4.79 Å². The molecule has 1 aromatic heterocycles. The van der Waals surface area contributed by atoms with E-state index in [0.29, 0.717) is 22.6 Å². The third-order valence-electron chi connectivity index (χ3n) is 4.35. The van der Waals surface area contributed by atoms with Gasteiger partial charge in [0.25, 0.3) is 5.91 Å². The molecule has 2 N–H and O–H groups in total. The summed E-state index contributed by atoms with van der Waals surface area (Å²) in [6, 6.07) is 19.5. The van der Waals surface area contributed by atoms with E-state index < -0.39 is 11.7 Å². The normalized spacial score (nSPS) is 10.9. The van der Waals surface area contributed by atoms with E-state index in [1.165, 1.54) is 30.3 Å². The van der Waals surface area contributed by atoms with Crippen LogP contribution in [0.2, 0.25) is 0 Å². The topological polar surface area (TPSA) is 84.0 Å². The summed E-state index contributed by atoms with van der Waals surface area (Å²) in [6.07, 6.45) is 4.50. The summed E-state index contributed by atoms with van der Waals surface area (Å²) in [4.78, 5) is 33.4. The fourth-order valence-electron chi connectivity index (χ4n) is 2.90. The van der Waals surface area contributed by atoms with Crippen LogP contribution in [0.15, 0.2) is 85.1 Å². The van der Waals surface area contributed by atoms with Crippen molar-refractivity contribution >= 4 is 40.3 Å². The summed E-state index contributed by atoms with van der Waals surface area (Å²) in [6.45, 7) is 0. The van der Waals surface area contributed by atoms with Crippen molar-refractivity contribution in [2.75, 3.05) is 10.6 Å². The van der Waals surface area contributed by atoms with E-state index in [1.807, 2.05) is 24.3 Å².